The molecular formula is C10H10N4O2. The molecule has 82 valence electrons. The number of aromatic nitrogens is 2. The summed E-state index contributed by atoms with van der Waals surface area (Å²) >= 11 is 0. The summed E-state index contributed by atoms with van der Waals surface area (Å²) in [7, 11) is 0. The Hall–Kier alpha value is -2.34. The molecule has 0 amide bonds. The molecule has 0 N–H and O–H groups in total. The van der Waals surface area contributed by atoms with Gasteiger partial charge in [0.2, 0.25) is 0 Å². The van der Waals surface area contributed by atoms with E-state index in [0.717, 1.165) is 0 Å². The molecule has 1 aromatic heterocycles. The molecule has 16 heavy (non-hydrogen) atoms. The number of hydrogen-bond acceptors (Lipinski definition) is 3. The number of aryl methyl sites for hydroxylation is 1. The third kappa shape index (κ3) is 2.18. The van der Waals surface area contributed by atoms with Crippen LogP contribution in [0.1, 0.15) is 12.7 Å². The topological polar surface area (TPSA) is 52.8 Å². The standard InChI is InChI=1S/C10H10N4O2/c1-5-16-8(15)6-14-7(2)13-9(11-3)10(14)12-4/h5-6H2,1-2H3. The predicted molar refractivity (Wildman–Crippen MR) is 56.1 cm³/mol. The van der Waals surface area contributed by atoms with E-state index in [0.29, 0.717) is 5.82 Å². The van der Waals surface area contributed by atoms with Crippen molar-refractivity contribution < 1.29 is 9.53 Å². The third-order valence-electron chi connectivity index (χ3n) is 1.92. The zero-order valence-electron chi connectivity index (χ0n) is 9.02. The van der Waals surface area contributed by atoms with Gasteiger partial charge in [0, 0.05) is 6.92 Å². The van der Waals surface area contributed by atoms with E-state index in [1.165, 1.54) is 4.57 Å². The second-order valence-corrected chi connectivity index (χ2v) is 2.92. The molecule has 0 saturated heterocycles. The Balaban J connectivity index is 3.06. The van der Waals surface area contributed by atoms with Crippen LogP contribution in [0.15, 0.2) is 0 Å². The first-order valence-corrected chi connectivity index (χ1v) is 4.61. The van der Waals surface area contributed by atoms with Gasteiger partial charge in [-0.2, -0.15) is 0 Å². The van der Waals surface area contributed by atoms with Gasteiger partial charge in [0.1, 0.15) is 0 Å². The first kappa shape index (κ1) is 11.7. The molecule has 0 fully saturated rings. The first-order chi connectivity index (χ1) is 7.63. The van der Waals surface area contributed by atoms with E-state index in [1.54, 1.807) is 13.8 Å². The fraction of sp³-hybridized carbons (Fsp3) is 0.400. The second kappa shape index (κ2) is 4.94. The highest BCUT2D eigenvalue weighted by Crippen LogP contribution is 2.28. The van der Waals surface area contributed by atoms with Gasteiger partial charge in [0.25, 0.3) is 17.5 Å². The average molecular weight is 218 g/mol. The molecule has 0 radical (unpaired) electrons. The third-order valence-corrected chi connectivity index (χ3v) is 1.92. The zero-order valence-corrected chi connectivity index (χ0v) is 9.02. The van der Waals surface area contributed by atoms with Crippen LogP contribution in [0, 0.1) is 20.1 Å². The average Bonchev–Trinajstić information content (AvgIpc) is 2.55. The van der Waals surface area contributed by atoms with E-state index in [2.05, 4.69) is 14.7 Å². The van der Waals surface area contributed by atoms with Crippen LogP contribution in [0.4, 0.5) is 11.6 Å². The Morgan fingerprint density at radius 3 is 2.69 bits per heavy atom. The first-order valence-electron chi connectivity index (χ1n) is 4.61. The van der Waals surface area contributed by atoms with E-state index in [-0.39, 0.29) is 24.8 Å². The lowest BCUT2D eigenvalue weighted by molar-refractivity contribution is -0.143. The van der Waals surface area contributed by atoms with Crippen molar-refractivity contribution in [2.45, 2.75) is 20.4 Å². The molecule has 0 saturated carbocycles. The molecule has 0 spiro atoms. The molecule has 0 atom stereocenters. The monoisotopic (exact) mass is 218 g/mol. The van der Waals surface area contributed by atoms with Gasteiger partial charge in [-0.25, -0.2) is 4.79 Å². The van der Waals surface area contributed by atoms with Gasteiger partial charge in [0.15, 0.2) is 6.54 Å². The summed E-state index contributed by atoms with van der Waals surface area (Å²) in [6, 6.07) is 0. The van der Waals surface area contributed by atoms with Crippen LogP contribution in [-0.4, -0.2) is 22.1 Å². The highest BCUT2D eigenvalue weighted by molar-refractivity contribution is 5.72. The Kier molecular flexibility index (Phi) is 3.62. The van der Waals surface area contributed by atoms with Crippen LogP contribution in [0.25, 0.3) is 9.69 Å². The van der Waals surface area contributed by atoms with Crippen molar-refractivity contribution >= 4 is 17.6 Å². The number of hydrogen-bond donors (Lipinski definition) is 0. The molecule has 0 aliphatic rings. The van der Waals surface area contributed by atoms with E-state index >= 15 is 0 Å². The Bertz CT molecular complexity index is 490. The Morgan fingerprint density at radius 1 is 1.50 bits per heavy atom. The largest absolute Gasteiger partial charge is 0.463 e. The molecule has 1 rings (SSSR count). The molecule has 0 bridgehead atoms. The highest BCUT2D eigenvalue weighted by atomic mass is 16.5. The van der Waals surface area contributed by atoms with Crippen molar-refractivity contribution in [3.05, 3.63) is 28.7 Å². The summed E-state index contributed by atoms with van der Waals surface area (Å²) in [6.07, 6.45) is 0. The highest BCUT2D eigenvalue weighted by Gasteiger charge is 2.21. The molecular weight excluding hydrogens is 208 g/mol. The normalized spacial score (nSPS) is 9.25. The van der Waals surface area contributed by atoms with Crippen molar-refractivity contribution in [2.24, 2.45) is 0 Å². The van der Waals surface area contributed by atoms with Gasteiger partial charge in [0.05, 0.1) is 6.61 Å². The van der Waals surface area contributed by atoms with Crippen LogP contribution in [0.5, 0.6) is 0 Å². The van der Waals surface area contributed by atoms with Crippen LogP contribution in [-0.2, 0) is 16.1 Å². The van der Waals surface area contributed by atoms with Crippen LogP contribution >= 0.6 is 0 Å². The fourth-order valence-corrected chi connectivity index (χ4v) is 1.25. The minimum absolute atomic E-state index is 0.0248. The molecule has 6 nitrogen and oxygen atoms in total. The lowest BCUT2D eigenvalue weighted by Gasteiger charge is -2.02. The summed E-state index contributed by atoms with van der Waals surface area (Å²) in [5, 5.41) is 0. The molecule has 1 heterocycles. The summed E-state index contributed by atoms with van der Waals surface area (Å²) in [5.41, 5.74) is 0. The molecule has 0 aromatic carbocycles. The fourth-order valence-electron chi connectivity index (χ4n) is 1.25. The second-order valence-electron chi connectivity index (χ2n) is 2.92. The molecule has 1 aromatic rings. The van der Waals surface area contributed by atoms with Gasteiger partial charge >= 0.3 is 5.97 Å². The van der Waals surface area contributed by atoms with E-state index in [4.69, 9.17) is 17.9 Å². The van der Waals surface area contributed by atoms with Crippen LogP contribution < -0.4 is 0 Å². The van der Waals surface area contributed by atoms with E-state index in [9.17, 15) is 4.79 Å². The van der Waals surface area contributed by atoms with Crippen molar-refractivity contribution in [1.29, 1.82) is 0 Å². The van der Waals surface area contributed by atoms with Crippen molar-refractivity contribution in [3.8, 4) is 0 Å². The molecule has 0 unspecified atom stereocenters. The predicted octanol–water partition coefficient (Wildman–Crippen LogP) is 1.86. The summed E-state index contributed by atoms with van der Waals surface area (Å²) in [4.78, 5) is 21.5. The smallest absolute Gasteiger partial charge is 0.347 e. The summed E-state index contributed by atoms with van der Waals surface area (Å²) in [5.74, 6) is 0.131. The summed E-state index contributed by atoms with van der Waals surface area (Å²) in [6.45, 7) is 17.4. The van der Waals surface area contributed by atoms with Gasteiger partial charge in [-0.3, -0.25) is 4.57 Å². The number of ether oxygens (including phenoxy) is 1. The molecule has 6 heteroatoms. The van der Waals surface area contributed by atoms with Crippen LogP contribution in [0.2, 0.25) is 0 Å². The maximum absolute atomic E-state index is 11.3. The van der Waals surface area contributed by atoms with Gasteiger partial charge < -0.3 is 14.4 Å². The summed E-state index contributed by atoms with van der Waals surface area (Å²) < 4.78 is 6.16. The van der Waals surface area contributed by atoms with Gasteiger partial charge in [-0.1, -0.05) is 18.1 Å². The SMILES string of the molecule is [C-]#[N+]c1nc(C)n(CC(=O)OCC)c1[N+]#[C-]. The minimum Gasteiger partial charge on any atom is -0.463 e. The van der Waals surface area contributed by atoms with Gasteiger partial charge in [-0.15, -0.1) is 0 Å². The van der Waals surface area contributed by atoms with E-state index < -0.39 is 5.97 Å². The molecule has 0 aliphatic carbocycles. The maximum atomic E-state index is 11.3. The maximum Gasteiger partial charge on any atom is 0.347 e. The minimum atomic E-state index is -0.440. The zero-order chi connectivity index (χ0) is 12.1. The van der Waals surface area contributed by atoms with Gasteiger partial charge in [-0.05, 0) is 6.92 Å². The number of imidazole rings is 1. The van der Waals surface area contributed by atoms with E-state index in [1.807, 2.05) is 0 Å². The van der Waals surface area contributed by atoms with Crippen LogP contribution in [0.3, 0.4) is 0 Å². The Morgan fingerprint density at radius 2 is 2.19 bits per heavy atom. The quantitative estimate of drug-likeness (QED) is 0.574. The number of carbonyl (C=O) groups excluding carboxylic acids is 1. The number of carbonyl (C=O) groups is 1. The lowest BCUT2D eigenvalue weighted by Crippen LogP contribution is -2.14. The number of rotatable bonds is 3. The van der Waals surface area contributed by atoms with Crippen molar-refractivity contribution in [1.82, 2.24) is 9.55 Å². The molecule has 0 aliphatic heterocycles. The van der Waals surface area contributed by atoms with Crippen molar-refractivity contribution in [2.75, 3.05) is 6.61 Å². The number of nitrogens with zero attached hydrogens (tertiary/aromatic N) is 4. The number of esters is 1. The van der Waals surface area contributed by atoms with Crippen molar-refractivity contribution in [3.63, 3.8) is 0 Å². The lowest BCUT2D eigenvalue weighted by atomic mass is 10.5. The Labute approximate surface area is 93.1 Å².